The Hall–Kier alpha value is -2.63. The largest absolute Gasteiger partial charge is 0.384 e. The second-order valence-electron chi connectivity index (χ2n) is 6.83. The maximum Gasteiger partial charge on any atom is 0.160 e. The summed E-state index contributed by atoms with van der Waals surface area (Å²) in [6.45, 7) is 2.19. The van der Waals surface area contributed by atoms with E-state index in [0.29, 0.717) is 17.7 Å². The fourth-order valence-corrected chi connectivity index (χ4v) is 3.85. The lowest BCUT2D eigenvalue weighted by Gasteiger charge is -2.15. The van der Waals surface area contributed by atoms with Crippen LogP contribution >= 0.6 is 0 Å². The van der Waals surface area contributed by atoms with Crippen LogP contribution in [0.2, 0.25) is 0 Å². The molecule has 4 N–H and O–H groups in total. The summed E-state index contributed by atoms with van der Waals surface area (Å²) in [6, 6.07) is 8.18. The van der Waals surface area contributed by atoms with Crippen molar-refractivity contribution in [3.05, 3.63) is 30.1 Å². The molecule has 0 bridgehead atoms. The lowest BCUT2D eigenvalue weighted by Crippen LogP contribution is -2.10. The summed E-state index contributed by atoms with van der Waals surface area (Å²) in [6.07, 6.45) is 7.06. The zero-order valence-corrected chi connectivity index (χ0v) is 14.6. The van der Waals surface area contributed by atoms with Gasteiger partial charge >= 0.3 is 0 Å². The van der Waals surface area contributed by atoms with E-state index in [-0.39, 0.29) is 0 Å². The molecular weight excluding hydrogens is 312 g/mol. The predicted octanol–water partition coefficient (Wildman–Crippen LogP) is 3.73. The normalized spacial score (nSPS) is 15.2. The molecule has 1 aliphatic carbocycles. The van der Waals surface area contributed by atoms with Gasteiger partial charge in [-0.05, 0) is 43.5 Å². The van der Waals surface area contributed by atoms with E-state index in [1.807, 2.05) is 18.2 Å². The van der Waals surface area contributed by atoms with Gasteiger partial charge in [-0.15, -0.1) is 0 Å². The number of hydrogen-bond acceptors (Lipinski definition) is 5. The first-order chi connectivity index (χ1) is 12.2. The topological polar surface area (TPSA) is 95.6 Å². The fraction of sp³-hybridized carbons (Fsp3) is 0.421. The third-order valence-corrected chi connectivity index (χ3v) is 4.93. The molecule has 0 aromatic carbocycles. The lowest BCUT2D eigenvalue weighted by molar-refractivity contribution is 0.505. The number of nitrogen functional groups attached to an aromatic ring is 2. The Morgan fingerprint density at radius 3 is 2.44 bits per heavy atom. The van der Waals surface area contributed by atoms with E-state index in [0.717, 1.165) is 41.1 Å². The van der Waals surface area contributed by atoms with Gasteiger partial charge in [0.2, 0.25) is 0 Å². The summed E-state index contributed by atoms with van der Waals surface area (Å²) in [7, 11) is 0. The average molecular weight is 336 g/mol. The van der Waals surface area contributed by atoms with Crippen molar-refractivity contribution < 1.29 is 0 Å². The SMILES string of the molecule is CCCc1nc2ccc(-c3cc(N)nc(N)c3)nc2n1C1CCCC1. The molecule has 6 heteroatoms. The van der Waals surface area contributed by atoms with Crippen LogP contribution in [0.3, 0.4) is 0 Å². The van der Waals surface area contributed by atoms with Gasteiger partial charge in [0.1, 0.15) is 23.0 Å². The van der Waals surface area contributed by atoms with Crippen LogP contribution in [0.5, 0.6) is 0 Å². The molecule has 25 heavy (non-hydrogen) atoms. The number of pyridine rings is 2. The Bertz CT molecular complexity index is 887. The smallest absolute Gasteiger partial charge is 0.160 e. The van der Waals surface area contributed by atoms with Gasteiger partial charge in [0, 0.05) is 18.0 Å². The third-order valence-electron chi connectivity index (χ3n) is 4.93. The van der Waals surface area contributed by atoms with Crippen molar-refractivity contribution >= 4 is 22.8 Å². The molecule has 1 fully saturated rings. The third kappa shape index (κ3) is 2.92. The van der Waals surface area contributed by atoms with Crippen LogP contribution in [-0.2, 0) is 6.42 Å². The molecule has 0 atom stereocenters. The Balaban J connectivity index is 1.87. The van der Waals surface area contributed by atoms with Crippen LogP contribution in [0.1, 0.15) is 50.9 Å². The molecule has 130 valence electrons. The first-order valence-corrected chi connectivity index (χ1v) is 9.07. The number of fused-ring (bicyclic) bond motifs is 1. The van der Waals surface area contributed by atoms with E-state index >= 15 is 0 Å². The molecule has 6 nitrogen and oxygen atoms in total. The Labute approximate surface area is 147 Å². The number of imidazole rings is 1. The van der Waals surface area contributed by atoms with E-state index in [1.54, 1.807) is 0 Å². The number of aromatic nitrogens is 4. The number of nitrogens with two attached hydrogens (primary N) is 2. The molecule has 3 heterocycles. The summed E-state index contributed by atoms with van der Waals surface area (Å²) in [5.41, 5.74) is 15.4. The first kappa shape index (κ1) is 15.9. The highest BCUT2D eigenvalue weighted by Crippen LogP contribution is 2.34. The van der Waals surface area contributed by atoms with Crippen molar-refractivity contribution in [1.29, 1.82) is 0 Å². The Kier molecular flexibility index (Phi) is 4.03. The minimum atomic E-state index is 0.410. The minimum absolute atomic E-state index is 0.410. The number of nitrogens with zero attached hydrogens (tertiary/aromatic N) is 4. The molecular formula is C19H24N6. The van der Waals surface area contributed by atoms with Crippen molar-refractivity contribution in [2.75, 3.05) is 11.5 Å². The van der Waals surface area contributed by atoms with Crippen LogP contribution in [0.15, 0.2) is 24.3 Å². The van der Waals surface area contributed by atoms with Gasteiger partial charge in [-0.1, -0.05) is 19.8 Å². The minimum Gasteiger partial charge on any atom is -0.384 e. The maximum absolute atomic E-state index is 5.85. The number of anilines is 2. The van der Waals surface area contributed by atoms with E-state index in [9.17, 15) is 0 Å². The molecule has 1 saturated carbocycles. The van der Waals surface area contributed by atoms with Crippen LogP contribution < -0.4 is 11.5 Å². The summed E-state index contributed by atoms with van der Waals surface area (Å²) in [5.74, 6) is 1.98. The van der Waals surface area contributed by atoms with E-state index in [2.05, 4.69) is 22.5 Å². The van der Waals surface area contributed by atoms with E-state index in [1.165, 1.54) is 25.7 Å². The highest BCUT2D eigenvalue weighted by atomic mass is 15.2. The van der Waals surface area contributed by atoms with E-state index < -0.39 is 0 Å². The van der Waals surface area contributed by atoms with Gasteiger partial charge in [0.05, 0.1) is 5.69 Å². The zero-order chi connectivity index (χ0) is 17.4. The molecule has 4 rings (SSSR count). The summed E-state index contributed by atoms with van der Waals surface area (Å²) in [5, 5.41) is 0. The predicted molar refractivity (Wildman–Crippen MR) is 101 cm³/mol. The molecule has 0 radical (unpaired) electrons. The number of rotatable bonds is 4. The zero-order valence-electron chi connectivity index (χ0n) is 14.6. The van der Waals surface area contributed by atoms with Gasteiger partial charge in [-0.25, -0.2) is 15.0 Å². The van der Waals surface area contributed by atoms with E-state index in [4.69, 9.17) is 21.4 Å². The molecule has 3 aromatic heterocycles. The summed E-state index contributed by atoms with van der Waals surface area (Å²) >= 11 is 0. The van der Waals surface area contributed by atoms with Crippen molar-refractivity contribution in [2.24, 2.45) is 0 Å². The average Bonchev–Trinajstić information content (AvgIpc) is 3.20. The first-order valence-electron chi connectivity index (χ1n) is 9.07. The highest BCUT2D eigenvalue weighted by Gasteiger charge is 2.23. The van der Waals surface area contributed by atoms with Gasteiger partial charge in [-0.3, -0.25) is 0 Å². The monoisotopic (exact) mass is 336 g/mol. The van der Waals surface area contributed by atoms with Gasteiger partial charge in [0.15, 0.2) is 5.65 Å². The van der Waals surface area contributed by atoms with Crippen LogP contribution in [0, 0.1) is 0 Å². The second kappa shape index (κ2) is 6.35. The Morgan fingerprint density at radius 1 is 1.04 bits per heavy atom. The van der Waals surface area contributed by atoms with Gasteiger partial charge in [0.25, 0.3) is 0 Å². The van der Waals surface area contributed by atoms with Crippen LogP contribution in [-0.4, -0.2) is 19.5 Å². The number of aryl methyl sites for hydroxylation is 1. The van der Waals surface area contributed by atoms with Crippen molar-refractivity contribution in [1.82, 2.24) is 19.5 Å². The quantitative estimate of drug-likeness (QED) is 0.757. The highest BCUT2D eigenvalue weighted by molar-refractivity contribution is 5.77. The van der Waals surface area contributed by atoms with Crippen LogP contribution in [0.4, 0.5) is 11.6 Å². The second-order valence-corrected chi connectivity index (χ2v) is 6.83. The molecule has 1 aliphatic rings. The summed E-state index contributed by atoms with van der Waals surface area (Å²) in [4.78, 5) is 13.8. The Morgan fingerprint density at radius 2 is 1.76 bits per heavy atom. The molecule has 0 aliphatic heterocycles. The van der Waals surface area contributed by atoms with Gasteiger partial charge in [-0.2, -0.15) is 0 Å². The van der Waals surface area contributed by atoms with Crippen molar-refractivity contribution in [3.8, 4) is 11.3 Å². The molecule has 0 saturated heterocycles. The van der Waals surface area contributed by atoms with Crippen molar-refractivity contribution in [3.63, 3.8) is 0 Å². The standard InChI is InChI=1S/C19H24N6/c1-2-5-18-22-15-9-8-14(12-10-16(20)24-17(21)11-12)23-19(15)25(18)13-6-3-4-7-13/h8-11,13H,2-7H2,1H3,(H4,20,21,24). The lowest BCUT2D eigenvalue weighted by atomic mass is 10.1. The number of hydrogen-bond donors (Lipinski definition) is 2. The summed E-state index contributed by atoms with van der Waals surface area (Å²) < 4.78 is 2.38. The molecule has 0 amide bonds. The maximum atomic E-state index is 5.85. The van der Waals surface area contributed by atoms with Crippen molar-refractivity contribution in [2.45, 2.75) is 51.5 Å². The molecule has 3 aromatic rings. The molecule has 0 unspecified atom stereocenters. The van der Waals surface area contributed by atoms with Crippen LogP contribution in [0.25, 0.3) is 22.4 Å². The van der Waals surface area contributed by atoms with Gasteiger partial charge < -0.3 is 16.0 Å². The fourth-order valence-electron chi connectivity index (χ4n) is 3.85. The molecule has 0 spiro atoms.